The summed E-state index contributed by atoms with van der Waals surface area (Å²) >= 11 is 0. The number of hydrogen-bond donors (Lipinski definition) is 0. The Morgan fingerprint density at radius 3 is 2.93 bits per heavy atom. The Hall–Kier alpha value is -2.87. The highest BCUT2D eigenvalue weighted by atomic mass is 16.5. The molecule has 5 heteroatoms. The van der Waals surface area contributed by atoms with Crippen LogP contribution in [0.15, 0.2) is 40.6 Å². The molecule has 1 aromatic carbocycles. The Morgan fingerprint density at radius 1 is 1.30 bits per heavy atom. The predicted octanol–water partition coefficient (Wildman–Crippen LogP) is 4.71. The van der Waals surface area contributed by atoms with Crippen molar-refractivity contribution in [2.45, 2.75) is 46.1 Å². The number of aryl methyl sites for hydroxylation is 1. The zero-order valence-corrected chi connectivity index (χ0v) is 15.9. The third-order valence-corrected chi connectivity index (χ3v) is 5.27. The first kappa shape index (κ1) is 17.5. The molecule has 0 N–H and O–H groups in total. The van der Waals surface area contributed by atoms with E-state index in [0.29, 0.717) is 17.5 Å². The standard InChI is InChI=1S/C22H23N3O2/c1-13(2)26-19-11-10-16(12-23)14(3)20(19)22-24-21(25-27-22)18-9-5-7-15-6-4-8-17(15)18/h5,7,9-11,13-14,16H,4,6,8H2,1-3H3. The van der Waals surface area contributed by atoms with Gasteiger partial charge in [0.05, 0.1) is 23.7 Å². The van der Waals surface area contributed by atoms with Crippen LogP contribution in [0, 0.1) is 23.2 Å². The van der Waals surface area contributed by atoms with Crippen molar-refractivity contribution in [3.05, 3.63) is 53.1 Å². The Labute approximate surface area is 159 Å². The van der Waals surface area contributed by atoms with Gasteiger partial charge in [-0.3, -0.25) is 0 Å². The fourth-order valence-corrected chi connectivity index (χ4v) is 3.93. The summed E-state index contributed by atoms with van der Waals surface area (Å²) in [5.74, 6) is 1.43. The molecule has 5 nitrogen and oxygen atoms in total. The topological polar surface area (TPSA) is 71.9 Å². The van der Waals surface area contributed by atoms with Crippen LogP contribution in [0.4, 0.5) is 0 Å². The first-order chi connectivity index (χ1) is 13.1. The zero-order valence-electron chi connectivity index (χ0n) is 15.9. The van der Waals surface area contributed by atoms with Crippen molar-refractivity contribution in [2.75, 3.05) is 0 Å². The highest BCUT2D eigenvalue weighted by molar-refractivity contribution is 5.70. The van der Waals surface area contributed by atoms with Gasteiger partial charge in [-0.05, 0) is 50.3 Å². The lowest BCUT2D eigenvalue weighted by molar-refractivity contribution is 0.155. The quantitative estimate of drug-likeness (QED) is 0.789. The van der Waals surface area contributed by atoms with Gasteiger partial charge in [-0.1, -0.05) is 36.4 Å². The second kappa shape index (κ2) is 7.03. The molecule has 0 amide bonds. The molecule has 0 aliphatic heterocycles. The van der Waals surface area contributed by atoms with Crippen LogP contribution in [0.3, 0.4) is 0 Å². The molecule has 2 aliphatic rings. The average molecular weight is 361 g/mol. The average Bonchev–Trinajstić information content (AvgIpc) is 3.30. The van der Waals surface area contributed by atoms with E-state index in [0.717, 1.165) is 24.0 Å². The molecule has 0 fully saturated rings. The summed E-state index contributed by atoms with van der Waals surface area (Å²) in [6.45, 7) is 5.96. The van der Waals surface area contributed by atoms with Gasteiger partial charge in [0.25, 0.3) is 5.89 Å². The lowest BCUT2D eigenvalue weighted by atomic mass is 9.83. The fourth-order valence-electron chi connectivity index (χ4n) is 3.93. The van der Waals surface area contributed by atoms with Crippen LogP contribution in [0.2, 0.25) is 0 Å². The number of aromatic nitrogens is 2. The van der Waals surface area contributed by atoms with Gasteiger partial charge < -0.3 is 9.26 Å². The highest BCUT2D eigenvalue weighted by Crippen LogP contribution is 2.38. The van der Waals surface area contributed by atoms with E-state index in [-0.39, 0.29) is 17.9 Å². The third kappa shape index (κ3) is 3.16. The van der Waals surface area contributed by atoms with E-state index in [4.69, 9.17) is 14.2 Å². The summed E-state index contributed by atoms with van der Waals surface area (Å²) in [7, 11) is 0. The molecule has 1 heterocycles. The molecule has 2 aliphatic carbocycles. The molecule has 4 rings (SSSR count). The number of allylic oxidation sites excluding steroid dienone is 3. The molecule has 2 aromatic rings. The summed E-state index contributed by atoms with van der Waals surface area (Å²) < 4.78 is 11.6. The lowest BCUT2D eigenvalue weighted by Crippen LogP contribution is -2.17. The summed E-state index contributed by atoms with van der Waals surface area (Å²) in [6, 6.07) is 8.62. The van der Waals surface area contributed by atoms with E-state index >= 15 is 0 Å². The Balaban J connectivity index is 1.77. The van der Waals surface area contributed by atoms with Gasteiger partial charge in [0.15, 0.2) is 0 Å². The first-order valence-electron chi connectivity index (χ1n) is 9.52. The van der Waals surface area contributed by atoms with Crippen molar-refractivity contribution in [1.29, 1.82) is 5.26 Å². The summed E-state index contributed by atoms with van der Waals surface area (Å²) in [5, 5.41) is 13.7. The molecule has 27 heavy (non-hydrogen) atoms. The minimum atomic E-state index is -0.240. The maximum atomic E-state index is 9.45. The molecule has 0 bridgehead atoms. The molecule has 138 valence electrons. The number of nitrogens with zero attached hydrogens (tertiary/aromatic N) is 3. The minimum absolute atomic E-state index is 0.0188. The van der Waals surface area contributed by atoms with Gasteiger partial charge in [-0.15, -0.1) is 0 Å². The molecular weight excluding hydrogens is 338 g/mol. The molecule has 2 unspecified atom stereocenters. The Bertz CT molecular complexity index is 962. The van der Waals surface area contributed by atoms with Gasteiger partial charge in [0.1, 0.15) is 5.76 Å². The molecular formula is C22H23N3O2. The maximum Gasteiger partial charge on any atom is 0.258 e. The van der Waals surface area contributed by atoms with Crippen molar-refractivity contribution in [2.24, 2.45) is 11.8 Å². The van der Waals surface area contributed by atoms with Crippen LogP contribution in [-0.2, 0) is 17.6 Å². The van der Waals surface area contributed by atoms with Crippen molar-refractivity contribution in [3.63, 3.8) is 0 Å². The van der Waals surface area contributed by atoms with Crippen LogP contribution >= 0.6 is 0 Å². The number of ether oxygens (including phenoxy) is 1. The van der Waals surface area contributed by atoms with Crippen LogP contribution in [-0.4, -0.2) is 16.2 Å². The van der Waals surface area contributed by atoms with E-state index < -0.39 is 0 Å². The lowest BCUT2D eigenvalue weighted by Gasteiger charge is -2.24. The second-order valence-electron chi connectivity index (χ2n) is 7.47. The number of nitriles is 1. The largest absolute Gasteiger partial charge is 0.491 e. The first-order valence-corrected chi connectivity index (χ1v) is 9.52. The number of hydrogen-bond acceptors (Lipinski definition) is 5. The second-order valence-corrected chi connectivity index (χ2v) is 7.47. The van der Waals surface area contributed by atoms with Crippen molar-refractivity contribution in [3.8, 4) is 17.5 Å². The highest BCUT2D eigenvalue weighted by Gasteiger charge is 2.31. The Morgan fingerprint density at radius 2 is 2.15 bits per heavy atom. The van der Waals surface area contributed by atoms with Crippen molar-refractivity contribution < 1.29 is 9.26 Å². The van der Waals surface area contributed by atoms with Crippen LogP contribution < -0.4 is 0 Å². The summed E-state index contributed by atoms with van der Waals surface area (Å²) in [6.07, 6.45) is 7.08. The maximum absolute atomic E-state index is 9.45. The summed E-state index contributed by atoms with van der Waals surface area (Å²) in [4.78, 5) is 4.70. The Kier molecular flexibility index (Phi) is 4.57. The van der Waals surface area contributed by atoms with Gasteiger partial charge >= 0.3 is 0 Å². The molecule has 0 radical (unpaired) electrons. The van der Waals surface area contributed by atoms with Crippen molar-refractivity contribution in [1.82, 2.24) is 10.1 Å². The van der Waals surface area contributed by atoms with Crippen LogP contribution in [0.25, 0.3) is 17.0 Å². The third-order valence-electron chi connectivity index (χ3n) is 5.27. The molecule has 0 saturated carbocycles. The zero-order chi connectivity index (χ0) is 19.0. The molecule has 0 saturated heterocycles. The number of benzene rings is 1. The van der Waals surface area contributed by atoms with E-state index in [1.807, 2.05) is 32.9 Å². The molecule has 2 atom stereocenters. The van der Waals surface area contributed by atoms with Gasteiger partial charge in [-0.2, -0.15) is 10.2 Å². The molecule has 1 aromatic heterocycles. The predicted molar refractivity (Wildman–Crippen MR) is 102 cm³/mol. The smallest absolute Gasteiger partial charge is 0.258 e. The fraction of sp³-hybridized carbons (Fsp3) is 0.409. The van der Waals surface area contributed by atoms with Gasteiger partial charge in [0.2, 0.25) is 5.82 Å². The van der Waals surface area contributed by atoms with E-state index in [9.17, 15) is 5.26 Å². The van der Waals surface area contributed by atoms with E-state index in [1.54, 1.807) is 0 Å². The molecule has 0 spiro atoms. The normalized spacial score (nSPS) is 21.4. The van der Waals surface area contributed by atoms with Crippen LogP contribution in [0.1, 0.15) is 44.2 Å². The van der Waals surface area contributed by atoms with Gasteiger partial charge in [0, 0.05) is 11.5 Å². The summed E-state index contributed by atoms with van der Waals surface area (Å²) in [5.41, 5.74) is 4.55. The number of fused-ring (bicyclic) bond motifs is 1. The van der Waals surface area contributed by atoms with Gasteiger partial charge in [-0.25, -0.2) is 0 Å². The van der Waals surface area contributed by atoms with Crippen LogP contribution in [0.5, 0.6) is 0 Å². The van der Waals surface area contributed by atoms with E-state index in [1.165, 1.54) is 17.5 Å². The SMILES string of the molecule is CC(C)OC1=C(c2nc(-c3cccc4c3CCC4)no2)C(C)C(C#N)C=C1. The number of rotatable bonds is 4. The minimum Gasteiger partial charge on any atom is -0.491 e. The van der Waals surface area contributed by atoms with Crippen molar-refractivity contribution >= 4 is 5.57 Å². The monoisotopic (exact) mass is 361 g/mol. The van der Waals surface area contributed by atoms with E-state index in [2.05, 4.69) is 29.4 Å².